The topological polar surface area (TPSA) is 31.4 Å². The van der Waals surface area contributed by atoms with Crippen molar-refractivity contribution in [3.8, 4) is 0 Å². The molecule has 4 nitrogen and oxygen atoms in total. The summed E-state index contributed by atoms with van der Waals surface area (Å²) < 4.78 is 0. The van der Waals surface area contributed by atoms with E-state index in [0.717, 1.165) is 19.5 Å². The van der Waals surface area contributed by atoms with Gasteiger partial charge >= 0.3 is 0 Å². The quantitative estimate of drug-likeness (QED) is 0.885. The molecule has 3 saturated heterocycles. The molecule has 1 unspecified atom stereocenters. The van der Waals surface area contributed by atoms with Crippen LogP contribution in [0.25, 0.3) is 0 Å². The maximum Gasteiger partial charge on any atom is 0.112 e. The molecule has 4 rings (SSSR count). The molecule has 1 aromatic rings. The van der Waals surface area contributed by atoms with Crippen LogP contribution in [0, 0.1) is 0 Å². The predicted octanol–water partition coefficient (Wildman–Crippen LogP) is 1.49. The van der Waals surface area contributed by atoms with Gasteiger partial charge in [-0.15, -0.1) is 11.3 Å². The van der Waals surface area contributed by atoms with Crippen molar-refractivity contribution < 1.29 is 0 Å². The lowest BCUT2D eigenvalue weighted by molar-refractivity contribution is 0.0122. The number of nitrogens with one attached hydrogen (secondary N) is 1. The molecule has 3 fully saturated rings. The third-order valence-corrected chi connectivity index (χ3v) is 5.43. The first-order valence-electron chi connectivity index (χ1n) is 7.47. The first kappa shape index (κ1) is 13.5. The van der Waals surface area contributed by atoms with E-state index < -0.39 is 0 Å². The molecule has 0 spiro atoms. The Morgan fingerprint density at radius 2 is 2.05 bits per heavy atom. The van der Waals surface area contributed by atoms with Crippen molar-refractivity contribution in [2.75, 3.05) is 39.3 Å². The minimum Gasteiger partial charge on any atom is -0.312 e. The summed E-state index contributed by atoms with van der Waals surface area (Å²) >= 11 is 1.93. The third kappa shape index (κ3) is 2.70. The first-order valence-corrected chi connectivity index (χ1v) is 8.29. The average Bonchev–Trinajstić information content (AvgIpc) is 2.89. The van der Waals surface area contributed by atoms with Gasteiger partial charge in [0, 0.05) is 44.1 Å². The lowest BCUT2D eigenvalue weighted by atomic mass is 10.1. The van der Waals surface area contributed by atoms with Crippen LogP contribution in [0.15, 0.2) is 0 Å². The second-order valence-electron chi connectivity index (χ2n) is 5.41. The van der Waals surface area contributed by atoms with Crippen molar-refractivity contribution in [1.29, 1.82) is 0 Å². The van der Waals surface area contributed by atoms with E-state index >= 15 is 0 Å². The highest BCUT2D eigenvalue weighted by molar-refractivity contribution is 7.11. The molecule has 106 valence electrons. The average molecular weight is 280 g/mol. The van der Waals surface area contributed by atoms with Gasteiger partial charge in [0.05, 0.1) is 11.7 Å². The van der Waals surface area contributed by atoms with Gasteiger partial charge in [-0.1, -0.05) is 13.8 Å². The fraction of sp³-hybridized carbons (Fsp3) is 0.786. The molecule has 5 heteroatoms. The maximum atomic E-state index is 4.93. The van der Waals surface area contributed by atoms with Crippen LogP contribution in [0.5, 0.6) is 0 Å². The highest BCUT2D eigenvalue weighted by atomic mass is 32.1. The van der Waals surface area contributed by atoms with E-state index in [1.54, 1.807) is 0 Å². The largest absolute Gasteiger partial charge is 0.312 e. The molecule has 3 aliphatic heterocycles. The van der Waals surface area contributed by atoms with E-state index in [9.17, 15) is 0 Å². The summed E-state index contributed by atoms with van der Waals surface area (Å²) in [5.74, 6) is 0. The summed E-state index contributed by atoms with van der Waals surface area (Å²) in [6.45, 7) is 12.5. The van der Waals surface area contributed by atoms with E-state index in [0.29, 0.717) is 6.04 Å². The molecule has 0 aromatic carbocycles. The Morgan fingerprint density at radius 3 is 2.63 bits per heavy atom. The zero-order chi connectivity index (χ0) is 13.2. The molecule has 19 heavy (non-hydrogen) atoms. The monoisotopic (exact) mass is 280 g/mol. The van der Waals surface area contributed by atoms with Gasteiger partial charge in [0.1, 0.15) is 5.01 Å². The smallest absolute Gasteiger partial charge is 0.112 e. The molecule has 3 aliphatic rings. The Morgan fingerprint density at radius 1 is 1.26 bits per heavy atom. The van der Waals surface area contributed by atoms with Crippen LogP contribution < -0.4 is 5.32 Å². The van der Waals surface area contributed by atoms with Crippen molar-refractivity contribution in [1.82, 2.24) is 20.1 Å². The summed E-state index contributed by atoms with van der Waals surface area (Å²) in [6, 6.07) is 0.549. The van der Waals surface area contributed by atoms with E-state index in [-0.39, 0.29) is 0 Å². The van der Waals surface area contributed by atoms with Gasteiger partial charge in [-0.05, 0) is 13.0 Å². The number of thiazole rings is 1. The van der Waals surface area contributed by atoms with Crippen LogP contribution in [-0.4, -0.2) is 54.1 Å². The Labute approximate surface area is 119 Å². The summed E-state index contributed by atoms with van der Waals surface area (Å²) in [6.07, 6.45) is 1.05. The molecule has 0 amide bonds. The zero-order valence-corrected chi connectivity index (χ0v) is 12.8. The summed E-state index contributed by atoms with van der Waals surface area (Å²) in [5.41, 5.74) is 1.30. The minimum atomic E-state index is 0.549. The molecular formula is C14H24N4S. The molecule has 2 bridgehead atoms. The van der Waals surface area contributed by atoms with Crippen LogP contribution in [0.3, 0.4) is 0 Å². The van der Waals surface area contributed by atoms with Crippen molar-refractivity contribution >= 4 is 11.3 Å². The molecule has 1 aromatic heterocycles. The second-order valence-corrected chi connectivity index (χ2v) is 6.52. The molecule has 4 heterocycles. The lowest BCUT2D eigenvalue weighted by Gasteiger charge is -2.46. The molecule has 1 N–H and O–H groups in total. The number of aromatic nitrogens is 1. The molecule has 0 aliphatic carbocycles. The Kier molecular flexibility index (Phi) is 4.17. The van der Waals surface area contributed by atoms with E-state index in [4.69, 9.17) is 4.98 Å². The van der Waals surface area contributed by atoms with Gasteiger partial charge in [0.25, 0.3) is 0 Å². The van der Waals surface area contributed by atoms with Gasteiger partial charge in [-0.25, -0.2) is 4.98 Å². The molecular weight excluding hydrogens is 256 g/mol. The standard InChI is InChI=1S/C14H24N4S/c1-3-11-13(9-15-4-2)19-14(16-11)12-10-17-5-7-18(12)8-6-17/h12,15H,3-10H2,1-2H3. The maximum absolute atomic E-state index is 4.93. The van der Waals surface area contributed by atoms with Crippen molar-refractivity contribution in [2.24, 2.45) is 0 Å². The molecule has 0 saturated carbocycles. The minimum absolute atomic E-state index is 0.549. The number of aryl methyl sites for hydroxylation is 1. The Balaban J connectivity index is 1.78. The van der Waals surface area contributed by atoms with Gasteiger partial charge in [-0.3, -0.25) is 9.80 Å². The summed E-state index contributed by atoms with van der Waals surface area (Å²) in [4.78, 5) is 11.6. The van der Waals surface area contributed by atoms with E-state index in [2.05, 4.69) is 29.0 Å². The van der Waals surface area contributed by atoms with Crippen LogP contribution in [0.1, 0.15) is 35.5 Å². The van der Waals surface area contributed by atoms with Crippen LogP contribution in [-0.2, 0) is 13.0 Å². The Hall–Kier alpha value is -0.490. The van der Waals surface area contributed by atoms with Crippen LogP contribution >= 0.6 is 11.3 Å². The number of piperazine rings is 3. The van der Waals surface area contributed by atoms with Crippen molar-refractivity contribution in [3.63, 3.8) is 0 Å². The zero-order valence-electron chi connectivity index (χ0n) is 12.0. The third-order valence-electron chi connectivity index (χ3n) is 4.23. The van der Waals surface area contributed by atoms with Gasteiger partial charge < -0.3 is 5.32 Å². The molecule has 1 atom stereocenters. The SMILES string of the molecule is CCNCc1sc(C2CN3CCN2CC3)nc1CC. The number of nitrogens with zero attached hydrogens (tertiary/aromatic N) is 3. The highest BCUT2D eigenvalue weighted by Crippen LogP contribution is 2.33. The van der Waals surface area contributed by atoms with Gasteiger partial charge in [0.2, 0.25) is 0 Å². The summed E-state index contributed by atoms with van der Waals surface area (Å²) in [7, 11) is 0. The number of rotatable bonds is 5. The van der Waals surface area contributed by atoms with E-state index in [1.165, 1.54) is 48.3 Å². The number of hydrogen-bond donors (Lipinski definition) is 1. The van der Waals surface area contributed by atoms with E-state index in [1.807, 2.05) is 11.3 Å². The second kappa shape index (κ2) is 5.87. The number of hydrogen-bond acceptors (Lipinski definition) is 5. The predicted molar refractivity (Wildman–Crippen MR) is 79.6 cm³/mol. The lowest BCUT2D eigenvalue weighted by Crippen LogP contribution is -2.56. The van der Waals surface area contributed by atoms with Crippen molar-refractivity contribution in [2.45, 2.75) is 32.9 Å². The van der Waals surface area contributed by atoms with Crippen molar-refractivity contribution in [3.05, 3.63) is 15.6 Å². The summed E-state index contributed by atoms with van der Waals surface area (Å²) in [5, 5.41) is 4.78. The fourth-order valence-corrected chi connectivity index (χ4v) is 4.30. The number of fused-ring (bicyclic) bond motifs is 3. The Bertz CT molecular complexity index is 423. The fourth-order valence-electron chi connectivity index (χ4n) is 3.05. The van der Waals surface area contributed by atoms with Gasteiger partial charge in [-0.2, -0.15) is 0 Å². The van der Waals surface area contributed by atoms with Crippen LogP contribution in [0.4, 0.5) is 0 Å². The van der Waals surface area contributed by atoms with Crippen LogP contribution in [0.2, 0.25) is 0 Å². The normalized spacial score (nSPS) is 29.9. The van der Waals surface area contributed by atoms with Gasteiger partial charge in [0.15, 0.2) is 0 Å². The molecule has 0 radical (unpaired) electrons. The highest BCUT2D eigenvalue weighted by Gasteiger charge is 2.34. The first-order chi connectivity index (χ1) is 9.31.